The first-order valence-electron chi connectivity index (χ1n) is 10.7. The van der Waals surface area contributed by atoms with Crippen LogP contribution in [-0.2, 0) is 6.54 Å². The number of pyridine rings is 2. The number of anilines is 3. The van der Waals surface area contributed by atoms with Gasteiger partial charge in [0.05, 0.1) is 23.1 Å². The quantitative estimate of drug-likeness (QED) is 0.594. The number of aromatic nitrogens is 2. The maximum atomic E-state index is 12.6. The summed E-state index contributed by atoms with van der Waals surface area (Å²) in [6, 6.07) is 12.6. The van der Waals surface area contributed by atoms with Crippen molar-refractivity contribution in [2.75, 3.05) is 30.4 Å². The second-order valence-electron chi connectivity index (χ2n) is 8.01. The Morgan fingerprint density at radius 2 is 1.87 bits per heavy atom. The van der Waals surface area contributed by atoms with Crippen LogP contribution < -0.4 is 20.9 Å². The summed E-state index contributed by atoms with van der Waals surface area (Å²) in [4.78, 5) is 23.7. The van der Waals surface area contributed by atoms with Gasteiger partial charge in [-0.1, -0.05) is 6.07 Å². The average molecular weight is 415 g/mol. The van der Waals surface area contributed by atoms with Crippen molar-refractivity contribution in [2.24, 2.45) is 0 Å². The highest BCUT2D eigenvalue weighted by molar-refractivity contribution is 6.06. The number of piperidine rings is 1. The number of fused-ring (bicyclic) bond motifs is 1. The molecule has 3 N–H and O–H groups in total. The van der Waals surface area contributed by atoms with Gasteiger partial charge in [0.15, 0.2) is 0 Å². The Morgan fingerprint density at radius 3 is 2.58 bits per heavy atom. The van der Waals surface area contributed by atoms with E-state index >= 15 is 0 Å². The third kappa shape index (κ3) is 3.84. The fourth-order valence-corrected chi connectivity index (χ4v) is 4.47. The third-order valence-electron chi connectivity index (χ3n) is 6.24. The lowest BCUT2D eigenvalue weighted by Crippen LogP contribution is -2.41. The van der Waals surface area contributed by atoms with Crippen molar-refractivity contribution in [3.8, 4) is 11.1 Å². The second kappa shape index (κ2) is 8.35. The molecule has 0 aliphatic carbocycles. The molecule has 158 valence electrons. The van der Waals surface area contributed by atoms with Gasteiger partial charge in [-0.25, -0.2) is 4.98 Å². The van der Waals surface area contributed by atoms with E-state index in [2.05, 4.69) is 43.0 Å². The lowest BCUT2D eigenvalue weighted by Gasteiger charge is -2.33. The molecule has 2 aromatic heterocycles. The zero-order valence-corrected chi connectivity index (χ0v) is 17.6. The summed E-state index contributed by atoms with van der Waals surface area (Å²) in [5, 5.41) is 9.66. The number of nitrogens with zero attached hydrogens (tertiary/aromatic N) is 3. The van der Waals surface area contributed by atoms with Gasteiger partial charge in [-0.2, -0.15) is 0 Å². The summed E-state index contributed by atoms with van der Waals surface area (Å²) in [7, 11) is 2.03. The van der Waals surface area contributed by atoms with Gasteiger partial charge >= 0.3 is 0 Å². The molecule has 2 aliphatic rings. The Labute approximate surface area is 181 Å². The van der Waals surface area contributed by atoms with Crippen LogP contribution in [0.5, 0.6) is 0 Å². The van der Waals surface area contributed by atoms with Gasteiger partial charge in [-0.05, 0) is 66.9 Å². The summed E-state index contributed by atoms with van der Waals surface area (Å²) in [6.07, 6.45) is 7.73. The van der Waals surface area contributed by atoms with Gasteiger partial charge < -0.3 is 20.9 Å². The molecular formula is C24H26N6O. The molecule has 5 rings (SSSR count). The van der Waals surface area contributed by atoms with Gasteiger partial charge in [-0.15, -0.1) is 0 Å². The van der Waals surface area contributed by atoms with Gasteiger partial charge in [0, 0.05) is 38.1 Å². The standard InChI is InChI=1S/C24H26N6O/c1-25-17-8-12-30(13-9-17)18-2-5-22(27-14-18)29-21-4-3-19(16-6-10-26-11-7-16)20-15-28-24(31)23(20)21/h2-7,10-11,14,17,25H,8-9,12-13,15H2,1H3,(H,27,29)(H,28,31). The molecule has 0 bridgehead atoms. The zero-order chi connectivity index (χ0) is 21.2. The number of carbonyl (C=O) groups is 1. The normalized spacial score (nSPS) is 16.2. The van der Waals surface area contributed by atoms with E-state index < -0.39 is 0 Å². The highest BCUT2D eigenvalue weighted by atomic mass is 16.1. The fraction of sp³-hybridized carbons (Fsp3) is 0.292. The van der Waals surface area contributed by atoms with Crippen LogP contribution in [0, 0.1) is 0 Å². The largest absolute Gasteiger partial charge is 0.370 e. The van der Waals surface area contributed by atoms with Crippen molar-refractivity contribution in [2.45, 2.75) is 25.4 Å². The molecule has 2 aliphatic heterocycles. The Morgan fingerprint density at radius 1 is 1.06 bits per heavy atom. The van der Waals surface area contributed by atoms with Crippen molar-refractivity contribution in [3.05, 3.63) is 66.1 Å². The van der Waals surface area contributed by atoms with Crippen molar-refractivity contribution >= 4 is 23.1 Å². The lowest BCUT2D eigenvalue weighted by atomic mass is 9.96. The van der Waals surface area contributed by atoms with Gasteiger partial charge in [0.25, 0.3) is 5.91 Å². The van der Waals surface area contributed by atoms with Crippen molar-refractivity contribution in [1.29, 1.82) is 0 Å². The Kier molecular flexibility index (Phi) is 5.26. The molecule has 7 nitrogen and oxygen atoms in total. The molecule has 3 aromatic rings. The first-order chi connectivity index (χ1) is 15.2. The molecule has 0 unspecified atom stereocenters. The molecule has 7 heteroatoms. The van der Waals surface area contributed by atoms with Gasteiger partial charge in [0.1, 0.15) is 5.82 Å². The first-order valence-corrected chi connectivity index (χ1v) is 10.7. The van der Waals surface area contributed by atoms with Crippen LogP contribution in [-0.4, -0.2) is 42.1 Å². The molecule has 0 spiro atoms. The molecular weight excluding hydrogens is 388 g/mol. The predicted octanol–water partition coefficient (Wildman–Crippen LogP) is 3.32. The van der Waals surface area contributed by atoms with Crippen LogP contribution in [0.3, 0.4) is 0 Å². The number of benzene rings is 1. The van der Waals surface area contributed by atoms with Crippen molar-refractivity contribution < 1.29 is 4.79 Å². The van der Waals surface area contributed by atoms with E-state index in [1.54, 1.807) is 12.4 Å². The van der Waals surface area contributed by atoms with Gasteiger partial charge in [-0.3, -0.25) is 9.78 Å². The summed E-state index contributed by atoms with van der Waals surface area (Å²) < 4.78 is 0. The SMILES string of the molecule is CNC1CCN(c2ccc(Nc3ccc(-c4ccncc4)c4c3C(=O)NC4)nc2)CC1. The number of hydrogen-bond acceptors (Lipinski definition) is 6. The molecule has 1 aromatic carbocycles. The van der Waals surface area contributed by atoms with E-state index in [1.807, 2.05) is 37.5 Å². The van der Waals surface area contributed by atoms with Crippen LogP contribution in [0.4, 0.5) is 17.2 Å². The van der Waals surface area contributed by atoms with Crippen molar-refractivity contribution in [1.82, 2.24) is 20.6 Å². The molecule has 1 fully saturated rings. The predicted molar refractivity (Wildman–Crippen MR) is 123 cm³/mol. The van der Waals surface area contributed by atoms with Crippen LogP contribution in [0.25, 0.3) is 11.1 Å². The van der Waals surface area contributed by atoms with E-state index in [4.69, 9.17) is 0 Å². The minimum absolute atomic E-state index is 0.0579. The maximum Gasteiger partial charge on any atom is 0.254 e. The van der Waals surface area contributed by atoms with E-state index in [9.17, 15) is 4.79 Å². The number of carbonyl (C=O) groups excluding carboxylic acids is 1. The smallest absolute Gasteiger partial charge is 0.254 e. The zero-order valence-electron chi connectivity index (χ0n) is 17.6. The topological polar surface area (TPSA) is 82.2 Å². The molecule has 0 radical (unpaired) electrons. The van der Waals surface area contributed by atoms with Crippen LogP contribution in [0.15, 0.2) is 55.0 Å². The Balaban J connectivity index is 1.37. The van der Waals surface area contributed by atoms with E-state index in [0.717, 1.165) is 59.8 Å². The monoisotopic (exact) mass is 414 g/mol. The number of amides is 1. The molecule has 1 saturated heterocycles. The molecule has 4 heterocycles. The number of rotatable bonds is 5. The highest BCUT2D eigenvalue weighted by Crippen LogP contribution is 2.35. The average Bonchev–Trinajstić information content (AvgIpc) is 3.22. The van der Waals surface area contributed by atoms with E-state index in [0.29, 0.717) is 18.2 Å². The summed E-state index contributed by atoms with van der Waals surface area (Å²) in [6.45, 7) is 2.59. The van der Waals surface area contributed by atoms with E-state index in [1.165, 1.54) is 0 Å². The number of hydrogen-bond donors (Lipinski definition) is 3. The lowest BCUT2D eigenvalue weighted by molar-refractivity contribution is 0.0966. The summed E-state index contributed by atoms with van der Waals surface area (Å²) >= 11 is 0. The molecule has 1 amide bonds. The van der Waals surface area contributed by atoms with Gasteiger partial charge in [0.2, 0.25) is 0 Å². The third-order valence-corrected chi connectivity index (χ3v) is 6.24. The van der Waals surface area contributed by atoms with Crippen LogP contribution in [0.2, 0.25) is 0 Å². The maximum absolute atomic E-state index is 12.6. The Hall–Kier alpha value is -3.45. The van der Waals surface area contributed by atoms with Crippen LogP contribution in [0.1, 0.15) is 28.8 Å². The second-order valence-corrected chi connectivity index (χ2v) is 8.01. The summed E-state index contributed by atoms with van der Waals surface area (Å²) in [5.41, 5.74) is 5.71. The fourth-order valence-electron chi connectivity index (χ4n) is 4.47. The highest BCUT2D eigenvalue weighted by Gasteiger charge is 2.26. The summed E-state index contributed by atoms with van der Waals surface area (Å²) in [5.74, 6) is 0.671. The minimum atomic E-state index is -0.0579. The molecule has 0 atom stereocenters. The van der Waals surface area contributed by atoms with Crippen LogP contribution >= 0.6 is 0 Å². The minimum Gasteiger partial charge on any atom is -0.370 e. The molecule has 31 heavy (non-hydrogen) atoms. The first kappa shape index (κ1) is 19.5. The van der Waals surface area contributed by atoms with E-state index in [-0.39, 0.29) is 5.91 Å². The Bertz CT molecular complexity index is 1080. The van der Waals surface area contributed by atoms with Crippen molar-refractivity contribution in [3.63, 3.8) is 0 Å². The molecule has 0 saturated carbocycles. The number of nitrogens with one attached hydrogen (secondary N) is 3.